The number of rotatable bonds is 6. The van der Waals surface area contributed by atoms with Gasteiger partial charge in [-0.15, -0.1) is 0 Å². The quantitative estimate of drug-likeness (QED) is 0.711. The van der Waals surface area contributed by atoms with Crippen LogP contribution in [0.4, 0.5) is 0 Å². The summed E-state index contributed by atoms with van der Waals surface area (Å²) in [6, 6.07) is -0.222. The Labute approximate surface area is 139 Å². The molecule has 0 spiro atoms. The zero-order valence-corrected chi connectivity index (χ0v) is 14.8. The minimum atomic E-state index is -3.58. The standard InChI is InChI=1S/C16H30N2O4S/c1-22-16(19)13-9-5-6-10-15(13)23(20,21)18-14(11-17)12-7-3-2-4-8-12/h12-15,18H,2-11,17H2,1H3. The van der Waals surface area contributed by atoms with Gasteiger partial charge in [0.1, 0.15) is 0 Å². The summed E-state index contributed by atoms with van der Waals surface area (Å²) in [5, 5.41) is -0.693. The lowest BCUT2D eigenvalue weighted by atomic mass is 9.84. The lowest BCUT2D eigenvalue weighted by Gasteiger charge is -2.34. The summed E-state index contributed by atoms with van der Waals surface area (Å²) in [5.41, 5.74) is 5.84. The highest BCUT2D eigenvalue weighted by Gasteiger charge is 2.41. The van der Waals surface area contributed by atoms with E-state index in [-0.39, 0.29) is 6.04 Å². The van der Waals surface area contributed by atoms with Crippen LogP contribution < -0.4 is 10.5 Å². The molecule has 0 aromatic heterocycles. The zero-order valence-electron chi connectivity index (χ0n) is 14.0. The smallest absolute Gasteiger partial charge is 0.310 e. The lowest BCUT2D eigenvalue weighted by Crippen LogP contribution is -2.51. The highest BCUT2D eigenvalue weighted by atomic mass is 32.2. The first-order chi connectivity index (χ1) is 11.0. The van der Waals surface area contributed by atoms with Crippen LogP contribution in [-0.2, 0) is 19.6 Å². The van der Waals surface area contributed by atoms with Gasteiger partial charge in [0.2, 0.25) is 10.0 Å². The van der Waals surface area contributed by atoms with E-state index in [1.54, 1.807) is 0 Å². The van der Waals surface area contributed by atoms with Crippen LogP contribution in [0.15, 0.2) is 0 Å². The Morgan fingerprint density at radius 1 is 1.13 bits per heavy atom. The van der Waals surface area contributed by atoms with E-state index in [2.05, 4.69) is 4.72 Å². The Morgan fingerprint density at radius 2 is 1.74 bits per heavy atom. The molecule has 3 atom stereocenters. The van der Waals surface area contributed by atoms with Gasteiger partial charge < -0.3 is 10.5 Å². The molecule has 3 N–H and O–H groups in total. The Bertz CT molecular complexity index is 488. The van der Waals surface area contributed by atoms with E-state index < -0.39 is 27.2 Å². The molecule has 0 aliphatic heterocycles. The molecule has 0 amide bonds. The minimum Gasteiger partial charge on any atom is -0.469 e. The Kier molecular flexibility index (Phi) is 6.85. The number of nitrogens with two attached hydrogens (primary N) is 1. The molecule has 2 saturated carbocycles. The van der Waals surface area contributed by atoms with E-state index in [0.717, 1.165) is 38.5 Å². The predicted molar refractivity (Wildman–Crippen MR) is 89.2 cm³/mol. The van der Waals surface area contributed by atoms with E-state index >= 15 is 0 Å². The van der Waals surface area contributed by atoms with Crippen LogP contribution in [0.25, 0.3) is 0 Å². The summed E-state index contributed by atoms with van der Waals surface area (Å²) >= 11 is 0. The maximum atomic E-state index is 12.9. The van der Waals surface area contributed by atoms with Crippen LogP contribution in [0.5, 0.6) is 0 Å². The van der Waals surface area contributed by atoms with Gasteiger partial charge in [-0.05, 0) is 31.6 Å². The maximum absolute atomic E-state index is 12.9. The molecule has 0 bridgehead atoms. The van der Waals surface area contributed by atoms with Crippen molar-refractivity contribution in [3.63, 3.8) is 0 Å². The van der Waals surface area contributed by atoms with Gasteiger partial charge >= 0.3 is 5.97 Å². The van der Waals surface area contributed by atoms with Gasteiger partial charge in [-0.2, -0.15) is 0 Å². The monoisotopic (exact) mass is 346 g/mol. The van der Waals surface area contributed by atoms with Crippen LogP contribution in [0.3, 0.4) is 0 Å². The fraction of sp³-hybridized carbons (Fsp3) is 0.938. The van der Waals surface area contributed by atoms with Crippen molar-refractivity contribution in [2.45, 2.75) is 69.1 Å². The molecule has 0 aromatic rings. The van der Waals surface area contributed by atoms with Crippen molar-refractivity contribution < 1.29 is 17.9 Å². The number of esters is 1. The third-order valence-electron chi connectivity index (χ3n) is 5.39. The summed E-state index contributed by atoms with van der Waals surface area (Å²) in [5.74, 6) is -0.665. The number of methoxy groups -OCH3 is 1. The van der Waals surface area contributed by atoms with Crippen LogP contribution in [0, 0.1) is 11.8 Å². The Balaban J connectivity index is 2.09. The van der Waals surface area contributed by atoms with Crippen LogP contribution >= 0.6 is 0 Å². The molecular weight excluding hydrogens is 316 g/mol. The van der Waals surface area contributed by atoms with Crippen molar-refractivity contribution in [1.29, 1.82) is 0 Å². The topological polar surface area (TPSA) is 98.5 Å². The molecule has 0 aromatic carbocycles. The average Bonchev–Trinajstić information content (AvgIpc) is 2.59. The fourth-order valence-electron chi connectivity index (χ4n) is 4.06. The second-order valence-corrected chi connectivity index (χ2v) is 8.79. The molecule has 2 fully saturated rings. The van der Waals surface area contributed by atoms with E-state index in [0.29, 0.717) is 25.3 Å². The normalized spacial score (nSPS) is 28.3. The number of nitrogens with one attached hydrogen (secondary N) is 1. The van der Waals surface area contributed by atoms with Crippen LogP contribution in [-0.4, -0.2) is 39.3 Å². The summed E-state index contributed by atoms with van der Waals surface area (Å²) in [4.78, 5) is 11.9. The van der Waals surface area contributed by atoms with Crippen molar-refractivity contribution >= 4 is 16.0 Å². The molecule has 7 heteroatoms. The van der Waals surface area contributed by atoms with Gasteiger partial charge in [0.25, 0.3) is 0 Å². The lowest BCUT2D eigenvalue weighted by molar-refractivity contribution is -0.146. The number of carbonyl (C=O) groups excluding carboxylic acids is 1. The van der Waals surface area contributed by atoms with Crippen molar-refractivity contribution in [2.75, 3.05) is 13.7 Å². The van der Waals surface area contributed by atoms with Gasteiger partial charge in [-0.1, -0.05) is 32.1 Å². The first kappa shape index (κ1) is 18.7. The highest BCUT2D eigenvalue weighted by Crippen LogP contribution is 2.32. The zero-order chi connectivity index (χ0) is 16.9. The van der Waals surface area contributed by atoms with Gasteiger partial charge in [0.05, 0.1) is 18.3 Å². The maximum Gasteiger partial charge on any atom is 0.310 e. The van der Waals surface area contributed by atoms with E-state index in [9.17, 15) is 13.2 Å². The van der Waals surface area contributed by atoms with Crippen LogP contribution in [0.1, 0.15) is 57.8 Å². The molecular formula is C16H30N2O4S. The largest absolute Gasteiger partial charge is 0.469 e. The molecule has 2 rings (SSSR count). The van der Waals surface area contributed by atoms with E-state index in [4.69, 9.17) is 10.5 Å². The summed E-state index contributed by atoms with van der Waals surface area (Å²) < 4.78 is 33.3. The van der Waals surface area contributed by atoms with Gasteiger partial charge in [0, 0.05) is 12.6 Å². The van der Waals surface area contributed by atoms with Crippen molar-refractivity contribution in [1.82, 2.24) is 4.72 Å². The highest BCUT2D eigenvalue weighted by molar-refractivity contribution is 7.90. The number of sulfonamides is 1. The molecule has 134 valence electrons. The average molecular weight is 346 g/mol. The number of hydrogen-bond donors (Lipinski definition) is 2. The first-order valence-electron chi connectivity index (χ1n) is 8.78. The molecule has 0 radical (unpaired) electrons. The molecule has 3 unspecified atom stereocenters. The number of hydrogen-bond acceptors (Lipinski definition) is 5. The summed E-state index contributed by atoms with van der Waals surface area (Å²) in [6.07, 6.45) is 8.32. The molecule has 23 heavy (non-hydrogen) atoms. The van der Waals surface area contributed by atoms with Crippen molar-refractivity contribution in [2.24, 2.45) is 17.6 Å². The van der Waals surface area contributed by atoms with Crippen molar-refractivity contribution in [3.8, 4) is 0 Å². The minimum absolute atomic E-state index is 0.222. The van der Waals surface area contributed by atoms with E-state index in [1.165, 1.54) is 13.5 Å². The molecule has 2 aliphatic rings. The predicted octanol–water partition coefficient (Wildman–Crippen LogP) is 1.55. The van der Waals surface area contributed by atoms with Crippen LogP contribution in [0.2, 0.25) is 0 Å². The SMILES string of the molecule is COC(=O)C1CCCCC1S(=O)(=O)NC(CN)C1CCCCC1. The summed E-state index contributed by atoms with van der Waals surface area (Å²) in [6.45, 7) is 0.305. The molecule has 0 heterocycles. The van der Waals surface area contributed by atoms with Crippen molar-refractivity contribution in [3.05, 3.63) is 0 Å². The summed E-state index contributed by atoms with van der Waals surface area (Å²) in [7, 11) is -2.26. The Morgan fingerprint density at radius 3 is 2.35 bits per heavy atom. The third-order valence-corrected chi connectivity index (χ3v) is 7.39. The second-order valence-electron chi connectivity index (χ2n) is 6.86. The first-order valence-corrected chi connectivity index (χ1v) is 10.3. The Hall–Kier alpha value is -0.660. The number of carbonyl (C=O) groups is 1. The van der Waals surface area contributed by atoms with Gasteiger partial charge in [0.15, 0.2) is 0 Å². The molecule has 6 nitrogen and oxygen atoms in total. The van der Waals surface area contributed by atoms with Gasteiger partial charge in [-0.25, -0.2) is 13.1 Å². The van der Waals surface area contributed by atoms with E-state index in [1.807, 2.05) is 0 Å². The third kappa shape index (κ3) is 4.67. The second kappa shape index (κ2) is 8.44. The molecule has 0 saturated heterocycles. The number of ether oxygens (including phenoxy) is 1. The molecule has 2 aliphatic carbocycles. The fourth-order valence-corrected chi connectivity index (χ4v) is 6.10. The van der Waals surface area contributed by atoms with Gasteiger partial charge in [-0.3, -0.25) is 4.79 Å².